The molecule has 122 valence electrons. The van der Waals surface area contributed by atoms with Crippen molar-refractivity contribution in [2.24, 2.45) is 0 Å². The average Bonchev–Trinajstić information content (AvgIpc) is 2.58. The minimum Gasteiger partial charge on any atom is -0.350 e. The molecule has 0 saturated heterocycles. The number of carbonyl (C=O) groups excluding carboxylic acids is 1. The molecule has 0 spiro atoms. The zero-order valence-corrected chi connectivity index (χ0v) is 14.2. The second kappa shape index (κ2) is 6.84. The maximum atomic E-state index is 12.1. The van der Waals surface area contributed by atoms with Crippen LogP contribution in [0.15, 0.2) is 62.6 Å². The Kier molecular flexibility index (Phi) is 4.61. The molecule has 0 aliphatic rings. The van der Waals surface area contributed by atoms with Crippen LogP contribution in [0.4, 0.5) is 0 Å². The molecule has 1 amide bonds. The number of nitrogens with zero attached hydrogens (tertiary/aromatic N) is 1. The third-order valence-corrected chi connectivity index (χ3v) is 4.14. The summed E-state index contributed by atoms with van der Waals surface area (Å²) in [5.41, 5.74) is 0.433. The number of nitrogens with one attached hydrogen (secondary N) is 2. The maximum absolute atomic E-state index is 12.1. The van der Waals surface area contributed by atoms with E-state index in [0.29, 0.717) is 16.6 Å². The van der Waals surface area contributed by atoms with Crippen LogP contribution in [0.3, 0.4) is 0 Å². The predicted octanol–water partition coefficient (Wildman–Crippen LogP) is 1.88. The highest BCUT2D eigenvalue weighted by atomic mass is 79.9. The van der Waals surface area contributed by atoms with Gasteiger partial charge in [0, 0.05) is 23.1 Å². The van der Waals surface area contributed by atoms with Crippen molar-refractivity contribution in [1.82, 2.24) is 14.9 Å². The van der Waals surface area contributed by atoms with Crippen LogP contribution in [0, 0.1) is 0 Å². The summed E-state index contributed by atoms with van der Waals surface area (Å²) in [4.78, 5) is 38.4. The van der Waals surface area contributed by atoms with Crippen molar-refractivity contribution in [2.45, 2.75) is 6.54 Å². The molecule has 0 aliphatic heterocycles. The second-order valence-electron chi connectivity index (χ2n) is 5.19. The molecule has 0 unspecified atom stereocenters. The lowest BCUT2D eigenvalue weighted by Gasteiger charge is -2.10. The van der Waals surface area contributed by atoms with Crippen molar-refractivity contribution in [3.05, 3.63) is 79.3 Å². The van der Waals surface area contributed by atoms with E-state index in [4.69, 9.17) is 0 Å². The van der Waals surface area contributed by atoms with Gasteiger partial charge in [-0.05, 0) is 36.4 Å². The minimum atomic E-state index is -0.673. The average molecular weight is 388 g/mol. The predicted molar refractivity (Wildman–Crippen MR) is 95.3 cm³/mol. The van der Waals surface area contributed by atoms with Gasteiger partial charge in [-0.3, -0.25) is 14.4 Å². The van der Waals surface area contributed by atoms with E-state index in [1.165, 1.54) is 4.57 Å². The monoisotopic (exact) mass is 387 g/mol. The lowest BCUT2D eigenvalue weighted by atomic mass is 10.2. The summed E-state index contributed by atoms with van der Waals surface area (Å²) >= 11 is 3.31. The number of hydrogen-bond acceptors (Lipinski definition) is 3. The molecule has 2 aromatic carbocycles. The Morgan fingerprint density at radius 3 is 2.54 bits per heavy atom. The van der Waals surface area contributed by atoms with Crippen molar-refractivity contribution in [3.8, 4) is 0 Å². The van der Waals surface area contributed by atoms with Gasteiger partial charge in [0.1, 0.15) is 0 Å². The van der Waals surface area contributed by atoms with Crippen LogP contribution in [-0.2, 0) is 6.54 Å². The normalized spacial score (nSPS) is 10.7. The second-order valence-corrected chi connectivity index (χ2v) is 6.11. The molecule has 0 bridgehead atoms. The van der Waals surface area contributed by atoms with Crippen molar-refractivity contribution >= 4 is 32.9 Å². The number of benzene rings is 2. The summed E-state index contributed by atoms with van der Waals surface area (Å²) in [5, 5.41) is 2.75. The van der Waals surface area contributed by atoms with Gasteiger partial charge in [-0.1, -0.05) is 28.1 Å². The van der Waals surface area contributed by atoms with Crippen molar-refractivity contribution in [1.29, 1.82) is 0 Å². The molecule has 1 heterocycles. The molecule has 0 saturated carbocycles. The molecule has 0 radical (unpaired) electrons. The smallest absolute Gasteiger partial charge is 0.316 e. The van der Waals surface area contributed by atoms with E-state index in [-0.39, 0.29) is 19.0 Å². The number of hydrogen-bond donors (Lipinski definition) is 2. The zero-order chi connectivity index (χ0) is 17.1. The van der Waals surface area contributed by atoms with E-state index in [1.54, 1.807) is 48.5 Å². The van der Waals surface area contributed by atoms with Crippen molar-refractivity contribution in [3.63, 3.8) is 0 Å². The number of halogens is 1. The highest BCUT2D eigenvalue weighted by Crippen LogP contribution is 2.10. The van der Waals surface area contributed by atoms with E-state index in [0.717, 1.165) is 4.47 Å². The fourth-order valence-corrected chi connectivity index (χ4v) is 2.69. The first-order valence-corrected chi connectivity index (χ1v) is 8.11. The SMILES string of the molecule is O=C(NCCn1c(=O)c(=O)[nH]c2ccccc21)c1ccc(Br)cc1. The van der Waals surface area contributed by atoms with Crippen molar-refractivity contribution < 1.29 is 4.79 Å². The van der Waals surface area contributed by atoms with Crippen LogP contribution in [-0.4, -0.2) is 22.0 Å². The topological polar surface area (TPSA) is 84.0 Å². The van der Waals surface area contributed by atoms with E-state index >= 15 is 0 Å². The molecular weight excluding hydrogens is 374 g/mol. The largest absolute Gasteiger partial charge is 0.350 e. The molecule has 0 atom stereocenters. The number of para-hydroxylation sites is 2. The third kappa shape index (κ3) is 3.30. The number of aromatic amines is 1. The Bertz CT molecular complexity index is 1010. The van der Waals surface area contributed by atoms with E-state index in [2.05, 4.69) is 26.2 Å². The molecule has 3 aromatic rings. The van der Waals surface area contributed by atoms with Crippen LogP contribution >= 0.6 is 15.9 Å². The molecule has 1 aromatic heterocycles. The van der Waals surface area contributed by atoms with E-state index in [1.807, 2.05) is 0 Å². The summed E-state index contributed by atoms with van der Waals surface area (Å²) < 4.78 is 2.26. The highest BCUT2D eigenvalue weighted by Gasteiger charge is 2.08. The van der Waals surface area contributed by atoms with Crippen molar-refractivity contribution in [2.75, 3.05) is 6.54 Å². The molecule has 7 heteroatoms. The molecule has 0 fully saturated rings. The summed E-state index contributed by atoms with van der Waals surface area (Å²) in [6, 6.07) is 14.0. The summed E-state index contributed by atoms with van der Waals surface area (Å²) in [6.07, 6.45) is 0. The van der Waals surface area contributed by atoms with E-state index in [9.17, 15) is 14.4 Å². The summed E-state index contributed by atoms with van der Waals surface area (Å²) in [5.74, 6) is -0.232. The fourth-order valence-electron chi connectivity index (χ4n) is 2.43. The molecule has 6 nitrogen and oxygen atoms in total. The number of amides is 1. The Hall–Kier alpha value is -2.67. The van der Waals surface area contributed by atoms with Crippen LogP contribution in [0.25, 0.3) is 11.0 Å². The summed E-state index contributed by atoms with van der Waals surface area (Å²) in [7, 11) is 0. The van der Waals surface area contributed by atoms with Gasteiger partial charge >= 0.3 is 11.1 Å². The van der Waals surface area contributed by atoms with Gasteiger partial charge in [0.15, 0.2) is 0 Å². The standard InChI is InChI=1S/C17H14BrN3O3/c18-12-7-5-11(6-8-12)15(22)19-9-10-21-14-4-2-1-3-13(14)20-16(23)17(21)24/h1-8H,9-10H2,(H,19,22)(H,20,23). The van der Waals surface area contributed by atoms with Gasteiger partial charge in [-0.2, -0.15) is 0 Å². The Morgan fingerprint density at radius 2 is 1.79 bits per heavy atom. The lowest BCUT2D eigenvalue weighted by Crippen LogP contribution is -2.39. The minimum absolute atomic E-state index is 0.214. The van der Waals surface area contributed by atoms with Gasteiger partial charge in [-0.15, -0.1) is 0 Å². The van der Waals surface area contributed by atoms with Gasteiger partial charge in [0.05, 0.1) is 11.0 Å². The quantitative estimate of drug-likeness (QED) is 0.670. The molecule has 0 aliphatic carbocycles. The van der Waals surface area contributed by atoms with Crippen LogP contribution < -0.4 is 16.4 Å². The van der Waals surface area contributed by atoms with E-state index < -0.39 is 11.1 Å². The number of H-pyrrole nitrogens is 1. The first kappa shape index (κ1) is 16.2. The first-order valence-electron chi connectivity index (χ1n) is 7.32. The molecule has 3 rings (SSSR count). The van der Waals surface area contributed by atoms with Crippen LogP contribution in [0.1, 0.15) is 10.4 Å². The highest BCUT2D eigenvalue weighted by molar-refractivity contribution is 9.10. The van der Waals surface area contributed by atoms with Crippen LogP contribution in [0.2, 0.25) is 0 Å². The first-order chi connectivity index (χ1) is 11.6. The number of aromatic nitrogens is 2. The number of rotatable bonds is 4. The molecule has 2 N–H and O–H groups in total. The Labute approximate surface area is 145 Å². The third-order valence-electron chi connectivity index (χ3n) is 3.61. The van der Waals surface area contributed by atoms with Gasteiger partial charge in [0.2, 0.25) is 0 Å². The van der Waals surface area contributed by atoms with Gasteiger partial charge < -0.3 is 14.9 Å². The number of carbonyl (C=O) groups is 1. The van der Waals surface area contributed by atoms with Crippen LogP contribution in [0.5, 0.6) is 0 Å². The summed E-state index contributed by atoms with van der Waals surface area (Å²) in [6.45, 7) is 0.452. The Balaban J connectivity index is 1.78. The van der Waals surface area contributed by atoms with Gasteiger partial charge in [-0.25, -0.2) is 0 Å². The fraction of sp³-hybridized carbons (Fsp3) is 0.118. The Morgan fingerprint density at radius 1 is 1.08 bits per heavy atom. The molecular formula is C17H14BrN3O3. The zero-order valence-electron chi connectivity index (χ0n) is 12.6. The number of fused-ring (bicyclic) bond motifs is 1. The maximum Gasteiger partial charge on any atom is 0.316 e. The van der Waals surface area contributed by atoms with Gasteiger partial charge in [0.25, 0.3) is 5.91 Å². The lowest BCUT2D eigenvalue weighted by molar-refractivity contribution is 0.0952. The molecule has 24 heavy (non-hydrogen) atoms.